The van der Waals surface area contributed by atoms with Gasteiger partial charge in [-0.2, -0.15) is 0 Å². The normalized spacial score (nSPS) is 11.1. The highest BCUT2D eigenvalue weighted by molar-refractivity contribution is 8.00. The second kappa shape index (κ2) is 15.7. The number of thioether (sulfide) groups is 1. The van der Waals surface area contributed by atoms with Gasteiger partial charge in [0.1, 0.15) is 17.1 Å². The largest absolute Gasteiger partial charge is 0.494 e. The highest BCUT2D eigenvalue weighted by Crippen LogP contribution is 2.22. The van der Waals surface area contributed by atoms with Crippen molar-refractivity contribution in [1.29, 1.82) is 0 Å². The second-order valence-corrected chi connectivity index (χ2v) is 11.7. The van der Waals surface area contributed by atoms with Gasteiger partial charge in [0.05, 0.1) is 23.7 Å². The lowest BCUT2D eigenvalue weighted by Gasteiger charge is -2.12. The van der Waals surface area contributed by atoms with Crippen molar-refractivity contribution >= 4 is 46.9 Å². The minimum Gasteiger partial charge on any atom is -0.494 e. The zero-order valence-corrected chi connectivity index (χ0v) is 27.5. The SMILES string of the molecule is CCOc1ccc(/C=C(\NC(=O)c2ccccc2)C(=O)Nc2ccc(SCC(=O)Nc3c(C)n(C)n(-c4ccccc4)c3=O)cc2)cc1. The molecule has 244 valence electrons. The lowest BCUT2D eigenvalue weighted by Crippen LogP contribution is -2.30. The summed E-state index contributed by atoms with van der Waals surface area (Å²) in [6.07, 6.45) is 1.60. The molecule has 0 unspecified atom stereocenters. The van der Waals surface area contributed by atoms with Crippen molar-refractivity contribution in [3.05, 3.63) is 142 Å². The van der Waals surface area contributed by atoms with E-state index < -0.39 is 11.8 Å². The number of carbonyl (C=O) groups is 3. The molecular weight excluding hydrogens is 627 g/mol. The molecule has 0 radical (unpaired) electrons. The van der Waals surface area contributed by atoms with E-state index in [1.54, 1.807) is 97.5 Å². The Balaban J connectivity index is 1.23. The molecule has 0 fully saturated rings. The molecule has 1 heterocycles. The fourth-order valence-corrected chi connectivity index (χ4v) is 5.50. The summed E-state index contributed by atoms with van der Waals surface area (Å²) >= 11 is 1.29. The van der Waals surface area contributed by atoms with Crippen LogP contribution in [0.5, 0.6) is 5.75 Å². The van der Waals surface area contributed by atoms with Gasteiger partial charge in [0.25, 0.3) is 17.4 Å². The topological polar surface area (TPSA) is 123 Å². The Bertz CT molecular complexity index is 1980. The predicted octanol–water partition coefficient (Wildman–Crippen LogP) is 6.02. The summed E-state index contributed by atoms with van der Waals surface area (Å²) in [6.45, 7) is 4.21. The Kier molecular flexibility index (Phi) is 10.9. The smallest absolute Gasteiger partial charge is 0.295 e. The Morgan fingerprint density at radius 2 is 1.48 bits per heavy atom. The number of aromatic nitrogens is 2. The number of hydrogen-bond acceptors (Lipinski definition) is 6. The van der Waals surface area contributed by atoms with E-state index in [1.165, 1.54) is 16.4 Å². The minimum atomic E-state index is -0.507. The van der Waals surface area contributed by atoms with Gasteiger partial charge in [0, 0.05) is 23.2 Å². The van der Waals surface area contributed by atoms with E-state index in [-0.39, 0.29) is 28.6 Å². The van der Waals surface area contributed by atoms with Gasteiger partial charge < -0.3 is 20.7 Å². The van der Waals surface area contributed by atoms with Crippen molar-refractivity contribution in [3.8, 4) is 11.4 Å². The fourth-order valence-electron chi connectivity index (χ4n) is 4.81. The lowest BCUT2D eigenvalue weighted by molar-refractivity contribution is -0.114. The average molecular weight is 662 g/mol. The summed E-state index contributed by atoms with van der Waals surface area (Å²) in [4.78, 5) is 53.1. The van der Waals surface area contributed by atoms with Crippen LogP contribution in [0.4, 0.5) is 11.4 Å². The molecule has 0 aliphatic carbocycles. The van der Waals surface area contributed by atoms with E-state index in [4.69, 9.17) is 4.74 Å². The molecule has 0 spiro atoms. The molecule has 0 aliphatic heterocycles. The molecule has 5 rings (SSSR count). The Morgan fingerprint density at radius 3 is 2.12 bits per heavy atom. The van der Waals surface area contributed by atoms with Crippen molar-refractivity contribution in [1.82, 2.24) is 14.7 Å². The molecule has 0 bridgehead atoms. The van der Waals surface area contributed by atoms with E-state index in [2.05, 4.69) is 16.0 Å². The summed E-state index contributed by atoms with van der Waals surface area (Å²) < 4.78 is 8.72. The van der Waals surface area contributed by atoms with Crippen molar-refractivity contribution < 1.29 is 19.1 Å². The standard InChI is InChI=1S/C37H35N5O5S/c1-4-47-30-19-15-26(16-20-30)23-32(39-35(44)27-11-7-5-8-12-27)36(45)38-28-17-21-31(22-18-28)48-24-33(43)40-34-25(2)41(3)42(37(34)46)29-13-9-6-10-14-29/h5-23H,4,24H2,1-3H3,(H,38,45)(H,39,44)(H,40,43)/b32-23-. The number of nitrogens with zero attached hydrogens (tertiary/aromatic N) is 2. The number of anilines is 2. The molecule has 3 N–H and O–H groups in total. The molecule has 4 aromatic carbocycles. The maximum atomic E-state index is 13.4. The van der Waals surface area contributed by atoms with Crippen LogP contribution in [0.15, 0.2) is 125 Å². The molecule has 5 aromatic rings. The number of hydrogen-bond donors (Lipinski definition) is 3. The molecule has 10 nitrogen and oxygen atoms in total. The minimum absolute atomic E-state index is 0.0608. The van der Waals surface area contributed by atoms with Crippen LogP contribution < -0.4 is 26.2 Å². The van der Waals surface area contributed by atoms with Crippen molar-refractivity contribution in [2.75, 3.05) is 23.0 Å². The van der Waals surface area contributed by atoms with Gasteiger partial charge >= 0.3 is 0 Å². The molecule has 0 saturated carbocycles. The van der Waals surface area contributed by atoms with Crippen molar-refractivity contribution in [2.45, 2.75) is 18.7 Å². The summed E-state index contributed by atoms with van der Waals surface area (Å²) in [5.74, 6) is -0.469. The summed E-state index contributed by atoms with van der Waals surface area (Å²) in [7, 11) is 1.77. The highest BCUT2D eigenvalue weighted by atomic mass is 32.2. The van der Waals surface area contributed by atoms with Crippen LogP contribution in [-0.2, 0) is 16.6 Å². The molecule has 0 saturated heterocycles. The molecule has 48 heavy (non-hydrogen) atoms. The van der Waals surface area contributed by atoms with E-state index in [9.17, 15) is 19.2 Å². The summed E-state index contributed by atoms with van der Waals surface area (Å²) in [5.41, 5.74) is 2.94. The number of amides is 3. The molecule has 0 aliphatic rings. The zero-order valence-electron chi connectivity index (χ0n) is 26.7. The van der Waals surface area contributed by atoms with Gasteiger partial charge in [-0.1, -0.05) is 48.5 Å². The third kappa shape index (κ3) is 8.31. The maximum absolute atomic E-state index is 13.4. The predicted molar refractivity (Wildman–Crippen MR) is 190 cm³/mol. The van der Waals surface area contributed by atoms with Gasteiger partial charge in [-0.05, 0) is 86.2 Å². The Labute approximate surface area is 282 Å². The number of para-hydroxylation sites is 1. The van der Waals surface area contributed by atoms with Crippen LogP contribution >= 0.6 is 11.8 Å². The van der Waals surface area contributed by atoms with Gasteiger partial charge in [-0.25, -0.2) is 4.68 Å². The quantitative estimate of drug-likeness (QED) is 0.111. The first-order valence-electron chi connectivity index (χ1n) is 15.2. The third-order valence-electron chi connectivity index (χ3n) is 7.33. The van der Waals surface area contributed by atoms with E-state index in [0.717, 1.165) is 4.90 Å². The first kappa shape index (κ1) is 33.6. The van der Waals surface area contributed by atoms with Gasteiger partial charge in [-0.15, -0.1) is 11.8 Å². The van der Waals surface area contributed by atoms with Gasteiger partial charge in [0.15, 0.2) is 0 Å². The van der Waals surface area contributed by atoms with E-state index in [1.807, 2.05) is 43.3 Å². The number of ether oxygens (including phenoxy) is 1. The molecular formula is C37H35N5O5S. The number of benzene rings is 4. The van der Waals surface area contributed by atoms with Crippen LogP contribution in [0.2, 0.25) is 0 Å². The first-order chi connectivity index (χ1) is 23.2. The number of rotatable bonds is 12. The third-order valence-corrected chi connectivity index (χ3v) is 8.34. The lowest BCUT2D eigenvalue weighted by atomic mass is 10.1. The first-order valence-corrected chi connectivity index (χ1v) is 16.2. The van der Waals surface area contributed by atoms with Crippen LogP contribution in [0, 0.1) is 6.92 Å². The van der Waals surface area contributed by atoms with Crippen LogP contribution in [0.25, 0.3) is 11.8 Å². The average Bonchev–Trinajstić information content (AvgIpc) is 3.31. The summed E-state index contributed by atoms with van der Waals surface area (Å²) in [6, 6.07) is 32.0. The molecule has 0 atom stereocenters. The van der Waals surface area contributed by atoms with Crippen LogP contribution in [-0.4, -0.2) is 39.4 Å². The van der Waals surface area contributed by atoms with Crippen molar-refractivity contribution in [2.24, 2.45) is 7.05 Å². The Morgan fingerprint density at radius 1 is 0.833 bits per heavy atom. The van der Waals surface area contributed by atoms with Crippen molar-refractivity contribution in [3.63, 3.8) is 0 Å². The van der Waals surface area contributed by atoms with E-state index >= 15 is 0 Å². The van der Waals surface area contributed by atoms with Crippen LogP contribution in [0.3, 0.4) is 0 Å². The molecule has 3 amide bonds. The highest BCUT2D eigenvalue weighted by Gasteiger charge is 2.19. The molecule has 11 heteroatoms. The zero-order chi connectivity index (χ0) is 34.0. The van der Waals surface area contributed by atoms with Gasteiger partial charge in [-0.3, -0.25) is 23.9 Å². The Hall–Kier alpha value is -5.81. The molecule has 1 aromatic heterocycles. The van der Waals surface area contributed by atoms with E-state index in [0.29, 0.717) is 40.6 Å². The number of nitrogens with one attached hydrogen (secondary N) is 3. The maximum Gasteiger partial charge on any atom is 0.295 e. The van der Waals surface area contributed by atoms with Crippen LogP contribution in [0.1, 0.15) is 28.5 Å². The number of carbonyl (C=O) groups excluding carboxylic acids is 3. The monoisotopic (exact) mass is 661 g/mol. The second-order valence-electron chi connectivity index (χ2n) is 10.6. The fraction of sp³-hybridized carbons (Fsp3) is 0.135. The van der Waals surface area contributed by atoms with Gasteiger partial charge in [0.2, 0.25) is 5.91 Å². The summed E-state index contributed by atoms with van der Waals surface area (Å²) in [5, 5.41) is 8.33.